The third kappa shape index (κ3) is 3.46. The Morgan fingerprint density at radius 1 is 0.960 bits per heavy atom. The van der Waals surface area contributed by atoms with Gasteiger partial charge in [-0.05, 0) is 21.5 Å². The van der Waals surface area contributed by atoms with Gasteiger partial charge in [0.2, 0.25) is 0 Å². The molecule has 1 aliphatic rings. The largest absolute Gasteiger partial charge is 0.453 e. The Kier molecular flexibility index (Phi) is 4.93. The van der Waals surface area contributed by atoms with Crippen LogP contribution in [0.15, 0.2) is 72.8 Å². The summed E-state index contributed by atoms with van der Waals surface area (Å²) in [6.07, 6.45) is 2.94. The number of benzene rings is 2. The molecular weight excluding hydrogens is 328 g/mol. The summed E-state index contributed by atoms with van der Waals surface area (Å²) in [5.74, 6) is -0.295. The van der Waals surface area contributed by atoms with Crippen LogP contribution in [0.4, 0.5) is 0 Å². The third-order valence-electron chi connectivity index (χ3n) is 4.60. The fourth-order valence-electron chi connectivity index (χ4n) is 3.47. The van der Waals surface area contributed by atoms with Crippen LogP contribution in [-0.4, -0.2) is 27.0 Å². The Bertz CT molecular complexity index is 708. The van der Waals surface area contributed by atoms with Crippen LogP contribution in [0.5, 0.6) is 0 Å². The van der Waals surface area contributed by atoms with Gasteiger partial charge >= 0.3 is 5.97 Å². The highest BCUT2D eigenvalue weighted by atomic mass is 28.4. The lowest BCUT2D eigenvalue weighted by Gasteiger charge is -2.43. The van der Waals surface area contributed by atoms with Crippen molar-refractivity contribution in [2.75, 3.05) is 6.61 Å². The molecule has 0 saturated heterocycles. The van der Waals surface area contributed by atoms with E-state index in [1.54, 1.807) is 6.08 Å². The van der Waals surface area contributed by atoms with Crippen molar-refractivity contribution in [1.82, 2.24) is 0 Å². The van der Waals surface area contributed by atoms with E-state index in [4.69, 9.17) is 9.16 Å². The highest BCUT2D eigenvalue weighted by Crippen LogP contribution is 2.37. The molecule has 1 unspecified atom stereocenters. The fourth-order valence-corrected chi connectivity index (χ4v) is 8.04. The smallest absolute Gasteiger partial charge is 0.331 e. The van der Waals surface area contributed by atoms with Gasteiger partial charge in [0.25, 0.3) is 8.32 Å². The van der Waals surface area contributed by atoms with Gasteiger partial charge in [0.05, 0.1) is 6.61 Å². The van der Waals surface area contributed by atoms with Crippen molar-refractivity contribution in [3.63, 3.8) is 0 Å². The van der Waals surface area contributed by atoms with E-state index in [2.05, 4.69) is 69.3 Å². The van der Waals surface area contributed by atoms with E-state index in [0.29, 0.717) is 6.61 Å². The Labute approximate surface area is 150 Å². The number of ether oxygens (including phenoxy) is 1. The molecule has 1 aliphatic heterocycles. The standard InChI is InChI=1S/C21H24O3Si/c1-21(2,3)25(18-10-6-4-7-11-18,19-12-8-5-9-13-19)23-16-17-14-15-20(22)24-17/h4-15,17H,16H2,1-3H3. The molecule has 0 aromatic heterocycles. The molecule has 2 aromatic carbocycles. The maximum atomic E-state index is 11.4. The van der Waals surface area contributed by atoms with Gasteiger partial charge in [-0.15, -0.1) is 0 Å². The molecule has 25 heavy (non-hydrogen) atoms. The van der Waals surface area contributed by atoms with Crippen LogP contribution in [0.1, 0.15) is 20.8 Å². The van der Waals surface area contributed by atoms with Crippen LogP contribution in [0, 0.1) is 0 Å². The first-order valence-electron chi connectivity index (χ1n) is 8.57. The number of cyclic esters (lactones) is 1. The second-order valence-electron chi connectivity index (χ2n) is 7.31. The predicted molar refractivity (Wildman–Crippen MR) is 103 cm³/mol. The van der Waals surface area contributed by atoms with Crippen LogP contribution >= 0.6 is 0 Å². The van der Waals surface area contributed by atoms with Crippen LogP contribution in [-0.2, 0) is 14.0 Å². The molecule has 1 heterocycles. The third-order valence-corrected chi connectivity index (χ3v) is 9.60. The molecule has 130 valence electrons. The molecule has 3 nitrogen and oxygen atoms in total. The van der Waals surface area contributed by atoms with E-state index in [0.717, 1.165) is 0 Å². The Morgan fingerprint density at radius 2 is 1.48 bits per heavy atom. The summed E-state index contributed by atoms with van der Waals surface area (Å²) in [7, 11) is -2.56. The number of hydrogen-bond acceptors (Lipinski definition) is 3. The summed E-state index contributed by atoms with van der Waals surface area (Å²) in [4.78, 5) is 11.4. The lowest BCUT2D eigenvalue weighted by Crippen LogP contribution is -2.67. The first-order chi connectivity index (χ1) is 11.9. The lowest BCUT2D eigenvalue weighted by molar-refractivity contribution is -0.139. The zero-order chi connectivity index (χ0) is 17.9. The minimum Gasteiger partial charge on any atom is -0.453 e. The monoisotopic (exact) mass is 352 g/mol. The number of carbonyl (C=O) groups excluding carboxylic acids is 1. The van der Waals surface area contributed by atoms with Crippen molar-refractivity contribution >= 4 is 24.7 Å². The van der Waals surface area contributed by atoms with Crippen LogP contribution in [0.3, 0.4) is 0 Å². The van der Waals surface area contributed by atoms with Gasteiger partial charge < -0.3 is 9.16 Å². The first kappa shape index (κ1) is 17.6. The maximum Gasteiger partial charge on any atom is 0.331 e. The van der Waals surface area contributed by atoms with Gasteiger partial charge in [-0.2, -0.15) is 0 Å². The number of esters is 1. The maximum absolute atomic E-state index is 11.4. The van der Waals surface area contributed by atoms with E-state index < -0.39 is 8.32 Å². The molecule has 3 rings (SSSR count). The second-order valence-corrected chi connectivity index (χ2v) is 11.6. The van der Waals surface area contributed by atoms with E-state index in [1.165, 1.54) is 16.4 Å². The second kappa shape index (κ2) is 6.98. The normalized spacial score (nSPS) is 17.6. The van der Waals surface area contributed by atoms with E-state index in [-0.39, 0.29) is 17.1 Å². The molecule has 0 amide bonds. The Balaban J connectivity index is 2.05. The zero-order valence-electron chi connectivity index (χ0n) is 14.9. The fraction of sp³-hybridized carbons (Fsp3) is 0.286. The van der Waals surface area contributed by atoms with Crippen molar-refractivity contribution in [2.24, 2.45) is 0 Å². The van der Waals surface area contributed by atoms with Gasteiger partial charge in [-0.1, -0.05) is 81.4 Å². The van der Waals surface area contributed by atoms with Crippen LogP contribution < -0.4 is 10.4 Å². The highest BCUT2D eigenvalue weighted by molar-refractivity contribution is 6.99. The van der Waals surface area contributed by atoms with E-state index in [9.17, 15) is 4.79 Å². The summed E-state index contributed by atoms with van der Waals surface area (Å²) in [5, 5.41) is 2.37. The van der Waals surface area contributed by atoms with Gasteiger partial charge in [0, 0.05) is 6.08 Å². The summed E-state index contributed by atoms with van der Waals surface area (Å²) in [6, 6.07) is 20.9. The number of carbonyl (C=O) groups is 1. The predicted octanol–water partition coefficient (Wildman–Crippen LogP) is 3.04. The molecule has 1 atom stereocenters. The van der Waals surface area contributed by atoms with Gasteiger partial charge in [0.15, 0.2) is 0 Å². The zero-order valence-corrected chi connectivity index (χ0v) is 15.9. The SMILES string of the molecule is CC(C)(C)[Si](OCC1C=CC(=O)O1)(c1ccccc1)c1ccccc1. The lowest BCUT2D eigenvalue weighted by atomic mass is 10.2. The Hall–Kier alpha value is -2.17. The summed E-state index contributed by atoms with van der Waals surface area (Å²) < 4.78 is 12.0. The molecule has 0 spiro atoms. The summed E-state index contributed by atoms with van der Waals surface area (Å²) in [5.41, 5.74) is 0. The van der Waals surface area contributed by atoms with E-state index >= 15 is 0 Å². The van der Waals surface area contributed by atoms with Crippen molar-refractivity contribution in [1.29, 1.82) is 0 Å². The minimum atomic E-state index is -2.56. The van der Waals surface area contributed by atoms with Crippen molar-refractivity contribution in [3.8, 4) is 0 Å². The average molecular weight is 353 g/mol. The molecule has 2 aromatic rings. The van der Waals surface area contributed by atoms with Gasteiger partial charge in [-0.25, -0.2) is 4.79 Å². The average Bonchev–Trinajstić information content (AvgIpc) is 3.02. The highest BCUT2D eigenvalue weighted by Gasteiger charge is 2.50. The minimum absolute atomic E-state index is 0.0813. The van der Waals surface area contributed by atoms with Gasteiger partial charge in [-0.3, -0.25) is 0 Å². The van der Waals surface area contributed by atoms with Crippen LogP contribution in [0.25, 0.3) is 0 Å². The molecule has 0 fully saturated rings. The summed E-state index contributed by atoms with van der Waals surface area (Å²) in [6.45, 7) is 7.07. The molecule has 0 bridgehead atoms. The van der Waals surface area contributed by atoms with Crippen molar-refractivity contribution in [3.05, 3.63) is 72.8 Å². The molecule has 0 radical (unpaired) electrons. The number of hydrogen-bond donors (Lipinski definition) is 0. The molecule has 0 N–H and O–H groups in total. The van der Waals surface area contributed by atoms with Crippen LogP contribution in [0.2, 0.25) is 5.04 Å². The topological polar surface area (TPSA) is 35.5 Å². The van der Waals surface area contributed by atoms with E-state index in [1.807, 2.05) is 12.1 Å². The number of rotatable bonds is 5. The van der Waals surface area contributed by atoms with Gasteiger partial charge in [0.1, 0.15) is 6.10 Å². The van der Waals surface area contributed by atoms with Crippen molar-refractivity contribution in [2.45, 2.75) is 31.9 Å². The molecule has 0 saturated carbocycles. The Morgan fingerprint density at radius 3 is 1.88 bits per heavy atom. The summed E-state index contributed by atoms with van der Waals surface area (Å²) >= 11 is 0. The molecular formula is C21H24O3Si. The quantitative estimate of drug-likeness (QED) is 0.613. The molecule has 0 aliphatic carbocycles. The van der Waals surface area contributed by atoms with Crippen molar-refractivity contribution < 1.29 is 14.0 Å². The first-order valence-corrected chi connectivity index (χ1v) is 10.5. The molecule has 4 heteroatoms.